The maximum Gasteiger partial charge on any atom is 0.317 e. The second kappa shape index (κ2) is 7.13. The number of hydrogen-bond acceptors (Lipinski definition) is 4. The van der Waals surface area contributed by atoms with E-state index < -0.39 is 5.97 Å². The summed E-state index contributed by atoms with van der Waals surface area (Å²) in [6, 6.07) is 8.70. The van der Waals surface area contributed by atoms with Crippen molar-refractivity contribution in [1.29, 1.82) is 5.26 Å². The van der Waals surface area contributed by atoms with Crippen LogP contribution in [0.15, 0.2) is 24.3 Å². The van der Waals surface area contributed by atoms with E-state index in [-0.39, 0.29) is 18.9 Å². The van der Waals surface area contributed by atoms with Crippen LogP contribution in [0.3, 0.4) is 0 Å². The molecule has 0 atom stereocenters. The predicted octanol–water partition coefficient (Wildman–Crippen LogP) is 0.903. The fraction of sp³-hybridized carbons (Fsp3) is 0.308. The number of carboxylic acid groups (broad SMARTS) is 1. The molecule has 6 heteroatoms. The number of likely N-dealkylation sites (N-methyl/N-ethyl adjacent to an activating group) is 1. The molecule has 0 aliphatic heterocycles. The lowest BCUT2D eigenvalue weighted by Crippen LogP contribution is -2.29. The quantitative estimate of drug-likeness (QED) is 0.793. The largest absolute Gasteiger partial charge is 0.480 e. The molecule has 6 nitrogen and oxygen atoms in total. The van der Waals surface area contributed by atoms with E-state index in [0.717, 1.165) is 0 Å². The number of amides is 1. The molecule has 0 saturated heterocycles. The second-order valence-electron chi connectivity index (χ2n) is 4.09. The third-order valence-corrected chi connectivity index (χ3v) is 2.45. The van der Waals surface area contributed by atoms with Gasteiger partial charge in [0.25, 0.3) is 0 Å². The minimum absolute atomic E-state index is 0.109. The van der Waals surface area contributed by atoms with Crippen molar-refractivity contribution in [2.24, 2.45) is 0 Å². The Morgan fingerprint density at radius 1 is 1.42 bits per heavy atom. The number of nitriles is 1. The average Bonchev–Trinajstić information content (AvgIpc) is 2.36. The molecule has 0 unspecified atom stereocenters. The molecule has 100 valence electrons. The van der Waals surface area contributed by atoms with E-state index in [9.17, 15) is 9.59 Å². The lowest BCUT2D eigenvalue weighted by molar-refractivity contribution is -0.138. The molecule has 0 aliphatic rings. The molecule has 1 aromatic carbocycles. The fourth-order valence-corrected chi connectivity index (χ4v) is 1.50. The van der Waals surface area contributed by atoms with Gasteiger partial charge in [-0.3, -0.25) is 14.5 Å². The number of hydrogen-bond donors (Lipinski definition) is 2. The molecule has 0 heterocycles. The Kier molecular flexibility index (Phi) is 5.51. The highest BCUT2D eigenvalue weighted by atomic mass is 16.4. The monoisotopic (exact) mass is 261 g/mol. The first-order valence-electron chi connectivity index (χ1n) is 5.72. The molecule has 1 rings (SSSR count). The number of benzene rings is 1. The van der Waals surface area contributed by atoms with Gasteiger partial charge in [-0.15, -0.1) is 0 Å². The molecule has 1 amide bonds. The third-order valence-electron chi connectivity index (χ3n) is 2.45. The standard InChI is InChI=1S/C13H15N3O3/c1-16(9-13(18)19)7-6-12(17)15-11-5-3-2-4-10(11)8-14/h2-5H,6-7,9H2,1H3,(H,15,17)(H,18,19). The van der Waals surface area contributed by atoms with Crippen molar-refractivity contribution in [3.63, 3.8) is 0 Å². The van der Waals surface area contributed by atoms with Crippen LogP contribution in [-0.4, -0.2) is 42.0 Å². The Labute approximate surface area is 111 Å². The van der Waals surface area contributed by atoms with Crippen LogP contribution in [0.1, 0.15) is 12.0 Å². The lowest BCUT2D eigenvalue weighted by atomic mass is 10.2. The fourth-order valence-electron chi connectivity index (χ4n) is 1.50. The van der Waals surface area contributed by atoms with Gasteiger partial charge in [-0.05, 0) is 19.2 Å². The molecule has 0 aromatic heterocycles. The number of anilines is 1. The van der Waals surface area contributed by atoms with Gasteiger partial charge in [-0.2, -0.15) is 5.26 Å². The number of carbonyl (C=O) groups is 2. The number of nitrogens with zero attached hydrogens (tertiary/aromatic N) is 2. The molecule has 0 fully saturated rings. The van der Waals surface area contributed by atoms with E-state index in [2.05, 4.69) is 5.32 Å². The van der Waals surface area contributed by atoms with Crippen LogP contribution >= 0.6 is 0 Å². The predicted molar refractivity (Wildman–Crippen MR) is 69.5 cm³/mol. The van der Waals surface area contributed by atoms with E-state index in [1.165, 1.54) is 4.90 Å². The minimum Gasteiger partial charge on any atom is -0.480 e. The molecule has 2 N–H and O–H groups in total. The van der Waals surface area contributed by atoms with Gasteiger partial charge in [0.05, 0.1) is 17.8 Å². The zero-order chi connectivity index (χ0) is 14.3. The molecule has 0 saturated carbocycles. The zero-order valence-corrected chi connectivity index (χ0v) is 10.6. The minimum atomic E-state index is -0.933. The van der Waals surface area contributed by atoms with E-state index in [1.807, 2.05) is 6.07 Å². The first-order valence-corrected chi connectivity index (χ1v) is 5.72. The topological polar surface area (TPSA) is 93.4 Å². The summed E-state index contributed by atoms with van der Waals surface area (Å²) in [5, 5.41) is 20.1. The number of rotatable bonds is 6. The summed E-state index contributed by atoms with van der Waals surface area (Å²) in [6.45, 7) is 0.231. The van der Waals surface area contributed by atoms with Gasteiger partial charge >= 0.3 is 5.97 Å². The zero-order valence-electron chi connectivity index (χ0n) is 10.6. The van der Waals surface area contributed by atoms with Gasteiger partial charge in [0.1, 0.15) is 6.07 Å². The van der Waals surface area contributed by atoms with Crippen molar-refractivity contribution in [2.45, 2.75) is 6.42 Å². The summed E-state index contributed by atoms with van der Waals surface area (Å²) in [5.41, 5.74) is 0.866. The number of carbonyl (C=O) groups excluding carboxylic acids is 1. The van der Waals surface area contributed by atoms with Gasteiger partial charge < -0.3 is 10.4 Å². The van der Waals surface area contributed by atoms with Crippen LogP contribution in [0, 0.1) is 11.3 Å². The Morgan fingerprint density at radius 2 is 2.11 bits per heavy atom. The highest BCUT2D eigenvalue weighted by Gasteiger charge is 2.09. The number of para-hydroxylation sites is 1. The van der Waals surface area contributed by atoms with Crippen LogP contribution < -0.4 is 5.32 Å². The Hall–Kier alpha value is -2.39. The summed E-state index contributed by atoms with van der Waals surface area (Å²) in [4.78, 5) is 23.7. The maximum absolute atomic E-state index is 11.7. The smallest absolute Gasteiger partial charge is 0.317 e. The molecule has 0 aliphatic carbocycles. The van der Waals surface area contributed by atoms with Crippen molar-refractivity contribution in [3.05, 3.63) is 29.8 Å². The van der Waals surface area contributed by atoms with Crippen molar-refractivity contribution >= 4 is 17.6 Å². The molecule has 0 bridgehead atoms. The molecule has 0 spiro atoms. The summed E-state index contributed by atoms with van der Waals surface area (Å²) < 4.78 is 0. The summed E-state index contributed by atoms with van der Waals surface area (Å²) in [6.07, 6.45) is 0.170. The van der Waals surface area contributed by atoms with Gasteiger partial charge in [-0.1, -0.05) is 12.1 Å². The van der Waals surface area contributed by atoms with Crippen molar-refractivity contribution in [3.8, 4) is 6.07 Å². The Morgan fingerprint density at radius 3 is 2.74 bits per heavy atom. The van der Waals surface area contributed by atoms with Crippen LogP contribution in [0.5, 0.6) is 0 Å². The van der Waals surface area contributed by atoms with Crippen LogP contribution in [0.4, 0.5) is 5.69 Å². The van der Waals surface area contributed by atoms with E-state index in [1.54, 1.807) is 31.3 Å². The Balaban J connectivity index is 2.48. The molecule has 19 heavy (non-hydrogen) atoms. The van der Waals surface area contributed by atoms with Gasteiger partial charge in [0, 0.05) is 13.0 Å². The molecular weight excluding hydrogens is 246 g/mol. The average molecular weight is 261 g/mol. The van der Waals surface area contributed by atoms with Crippen molar-refractivity contribution in [1.82, 2.24) is 4.90 Å². The van der Waals surface area contributed by atoms with Gasteiger partial charge in [-0.25, -0.2) is 0 Å². The van der Waals surface area contributed by atoms with E-state index in [0.29, 0.717) is 17.8 Å². The van der Waals surface area contributed by atoms with Crippen LogP contribution in [0.2, 0.25) is 0 Å². The van der Waals surface area contributed by atoms with Gasteiger partial charge in [0.15, 0.2) is 0 Å². The number of aliphatic carboxylic acids is 1. The Bertz CT molecular complexity index is 508. The number of nitrogens with one attached hydrogen (secondary N) is 1. The lowest BCUT2D eigenvalue weighted by Gasteiger charge is -2.13. The number of carboxylic acids is 1. The van der Waals surface area contributed by atoms with Crippen LogP contribution in [0.25, 0.3) is 0 Å². The third kappa shape index (κ3) is 5.19. The molecule has 1 aromatic rings. The normalized spacial score (nSPS) is 9.95. The maximum atomic E-state index is 11.7. The summed E-state index contributed by atoms with van der Waals surface area (Å²) in [5.74, 6) is -1.18. The van der Waals surface area contributed by atoms with Gasteiger partial charge in [0.2, 0.25) is 5.91 Å². The summed E-state index contributed by atoms with van der Waals surface area (Å²) in [7, 11) is 1.63. The van der Waals surface area contributed by atoms with Crippen LogP contribution in [-0.2, 0) is 9.59 Å². The van der Waals surface area contributed by atoms with E-state index in [4.69, 9.17) is 10.4 Å². The highest BCUT2D eigenvalue weighted by molar-refractivity contribution is 5.92. The van der Waals surface area contributed by atoms with E-state index >= 15 is 0 Å². The highest BCUT2D eigenvalue weighted by Crippen LogP contribution is 2.13. The first-order chi connectivity index (χ1) is 9.02. The molecule has 0 radical (unpaired) electrons. The first kappa shape index (κ1) is 14.7. The van der Waals surface area contributed by atoms with Crippen molar-refractivity contribution < 1.29 is 14.7 Å². The SMILES string of the molecule is CN(CCC(=O)Nc1ccccc1C#N)CC(=O)O. The molecular formula is C13H15N3O3. The second-order valence-corrected chi connectivity index (χ2v) is 4.09. The summed E-state index contributed by atoms with van der Waals surface area (Å²) >= 11 is 0. The van der Waals surface area contributed by atoms with Crippen molar-refractivity contribution in [2.75, 3.05) is 25.5 Å².